The maximum Gasteiger partial charge on any atom is 0.408 e. The van der Waals surface area contributed by atoms with Gasteiger partial charge in [-0.1, -0.05) is 94.1 Å². The number of nitriles is 1. The van der Waals surface area contributed by atoms with Crippen LogP contribution in [-0.2, 0) is 33.8 Å². The van der Waals surface area contributed by atoms with Gasteiger partial charge in [-0.3, -0.25) is 9.59 Å². The number of carbonyl (C=O) groups is 3. The van der Waals surface area contributed by atoms with Gasteiger partial charge in [0.05, 0.1) is 10.5 Å². The van der Waals surface area contributed by atoms with Crippen LogP contribution in [-0.4, -0.2) is 44.6 Å². The van der Waals surface area contributed by atoms with E-state index in [2.05, 4.69) is 31.1 Å². The summed E-state index contributed by atoms with van der Waals surface area (Å²) in [5, 5.41) is 23.5. The highest BCUT2D eigenvalue weighted by molar-refractivity contribution is 6.38. The molecule has 12 nitrogen and oxygen atoms in total. The lowest BCUT2D eigenvalue weighted by Gasteiger charge is -2.39. The summed E-state index contributed by atoms with van der Waals surface area (Å²) in [6.07, 6.45) is 1.18. The molecule has 1 aliphatic rings. The van der Waals surface area contributed by atoms with E-state index >= 15 is 0 Å². The molecule has 5 rings (SSSR count). The number of aromatic amines is 1. The van der Waals surface area contributed by atoms with Gasteiger partial charge in [-0.05, 0) is 53.1 Å². The molecule has 4 aromatic rings. The number of rotatable bonds is 12. The Bertz CT molecular complexity index is 1870. The number of fused-ring (bicyclic) bond motifs is 3. The zero-order valence-electron chi connectivity index (χ0n) is 27.7. The van der Waals surface area contributed by atoms with Crippen molar-refractivity contribution < 1.29 is 23.6 Å². The molecule has 1 aliphatic carbocycles. The summed E-state index contributed by atoms with van der Waals surface area (Å²) >= 11 is 12.9. The summed E-state index contributed by atoms with van der Waals surface area (Å²) in [6.45, 7) is 7.65. The molecule has 2 unspecified atom stereocenters. The Morgan fingerprint density at radius 3 is 2.51 bits per heavy atom. The lowest BCUT2D eigenvalue weighted by atomic mass is 9.78. The summed E-state index contributed by atoms with van der Waals surface area (Å²) in [6, 6.07) is 12.7. The van der Waals surface area contributed by atoms with Crippen LogP contribution in [0, 0.1) is 23.2 Å². The van der Waals surface area contributed by atoms with Gasteiger partial charge in [0.15, 0.2) is 0 Å². The number of carbonyl (C=O) groups excluding carboxylic acids is 3. The van der Waals surface area contributed by atoms with Crippen LogP contribution >= 0.6 is 23.2 Å². The van der Waals surface area contributed by atoms with Crippen LogP contribution in [0.25, 0.3) is 10.9 Å². The second-order valence-corrected chi connectivity index (χ2v) is 13.5. The minimum atomic E-state index is -1.47. The van der Waals surface area contributed by atoms with E-state index in [1.807, 2.05) is 64.1 Å². The SMILES string of the molecule is CCC(C)C(NC(=O)OCc1ccccc1)C(=O)N[C@]1(C(=O)N[C@H](c2nc(C#N)no2)[C@@H](C)CC)CCc2[nH]c3c(Cl)cc(Cl)cc3c2C1. The summed E-state index contributed by atoms with van der Waals surface area (Å²) < 4.78 is 10.8. The Morgan fingerprint density at radius 2 is 1.84 bits per heavy atom. The number of hydrogen-bond acceptors (Lipinski definition) is 8. The third-order valence-electron chi connectivity index (χ3n) is 9.39. The number of aromatic nitrogens is 3. The zero-order valence-corrected chi connectivity index (χ0v) is 29.2. The number of benzene rings is 2. The van der Waals surface area contributed by atoms with Crippen LogP contribution in [0.4, 0.5) is 4.79 Å². The van der Waals surface area contributed by atoms with Gasteiger partial charge in [0.25, 0.3) is 5.82 Å². The molecule has 0 bridgehead atoms. The largest absolute Gasteiger partial charge is 0.445 e. The van der Waals surface area contributed by atoms with Crippen molar-refractivity contribution in [2.24, 2.45) is 11.8 Å². The number of H-pyrrole nitrogens is 1. The molecule has 0 saturated heterocycles. The van der Waals surface area contributed by atoms with Crippen molar-refractivity contribution in [1.82, 2.24) is 31.1 Å². The Morgan fingerprint density at radius 1 is 1.10 bits per heavy atom. The van der Waals surface area contributed by atoms with Gasteiger partial charge in [0.1, 0.15) is 30.3 Å². The molecule has 14 heteroatoms. The fourth-order valence-corrected chi connectivity index (χ4v) is 6.65. The van der Waals surface area contributed by atoms with Crippen LogP contribution < -0.4 is 16.0 Å². The number of alkyl carbamates (subject to hydrolysis) is 1. The summed E-state index contributed by atoms with van der Waals surface area (Å²) in [4.78, 5) is 49.4. The second-order valence-electron chi connectivity index (χ2n) is 12.6. The molecule has 2 heterocycles. The van der Waals surface area contributed by atoms with Gasteiger partial charge < -0.3 is 30.2 Å². The fraction of sp³-hybridized carbons (Fsp3) is 0.429. The molecule has 49 heavy (non-hydrogen) atoms. The molecule has 0 spiro atoms. The summed E-state index contributed by atoms with van der Waals surface area (Å²) in [5.74, 6) is -1.55. The predicted octanol–water partition coefficient (Wildman–Crippen LogP) is 6.32. The standard InChI is InChI=1S/C35H39Cl2N7O5/c1-5-19(3)28(42-34(47)48-18-21-10-8-7-9-11-21)31(45)43-35(33(46)41-29(20(4)6-2)32-40-27(17-38)44-49-32)13-12-26-24(16-35)23-14-22(36)15-25(37)30(23)39-26/h7-11,14-15,19-20,28-29,39H,5-6,12-13,16,18H2,1-4H3,(H,41,46)(H,42,47)(H,43,45)/t19?,20-,28?,29-,35+/m0/s1. The molecular formula is C35H39Cl2N7O5. The molecule has 0 saturated carbocycles. The molecule has 5 atom stereocenters. The Kier molecular flexibility index (Phi) is 11.2. The zero-order chi connectivity index (χ0) is 35.3. The number of halogens is 2. The lowest BCUT2D eigenvalue weighted by molar-refractivity contribution is -0.136. The van der Waals surface area contributed by atoms with Crippen LogP contribution in [0.5, 0.6) is 0 Å². The van der Waals surface area contributed by atoms with Crippen molar-refractivity contribution in [1.29, 1.82) is 5.26 Å². The van der Waals surface area contributed by atoms with E-state index in [0.29, 0.717) is 34.8 Å². The fourth-order valence-electron chi connectivity index (χ4n) is 6.11. The smallest absolute Gasteiger partial charge is 0.408 e. The second kappa shape index (κ2) is 15.3. The van der Waals surface area contributed by atoms with Gasteiger partial charge in [0, 0.05) is 22.5 Å². The Balaban J connectivity index is 1.48. The van der Waals surface area contributed by atoms with E-state index < -0.39 is 35.5 Å². The van der Waals surface area contributed by atoms with Gasteiger partial charge in [-0.2, -0.15) is 10.2 Å². The molecular weight excluding hydrogens is 669 g/mol. The van der Waals surface area contributed by atoms with E-state index in [9.17, 15) is 19.6 Å². The maximum absolute atomic E-state index is 14.6. The van der Waals surface area contributed by atoms with Crippen molar-refractivity contribution in [3.63, 3.8) is 0 Å². The van der Waals surface area contributed by atoms with Gasteiger partial charge in [-0.25, -0.2) is 4.79 Å². The van der Waals surface area contributed by atoms with E-state index in [1.54, 1.807) is 12.1 Å². The van der Waals surface area contributed by atoms with Crippen molar-refractivity contribution >= 4 is 52.0 Å². The van der Waals surface area contributed by atoms with E-state index in [4.69, 9.17) is 32.5 Å². The average Bonchev–Trinajstić information content (AvgIpc) is 3.73. The van der Waals surface area contributed by atoms with Crippen molar-refractivity contribution in [3.05, 3.63) is 81.0 Å². The molecule has 258 valence electrons. The average molecular weight is 709 g/mol. The first kappa shape index (κ1) is 35.7. The number of nitrogens with one attached hydrogen (secondary N) is 4. The molecule has 2 aromatic carbocycles. The third kappa shape index (κ3) is 7.84. The highest BCUT2D eigenvalue weighted by Crippen LogP contribution is 2.39. The Labute approximate surface area is 294 Å². The number of hydrogen-bond donors (Lipinski definition) is 4. The number of ether oxygens (including phenoxy) is 1. The van der Waals surface area contributed by atoms with Crippen LogP contribution in [0.1, 0.15) is 81.5 Å². The highest BCUT2D eigenvalue weighted by Gasteiger charge is 2.47. The van der Waals surface area contributed by atoms with Gasteiger partial charge >= 0.3 is 6.09 Å². The minimum Gasteiger partial charge on any atom is -0.445 e. The van der Waals surface area contributed by atoms with Crippen LogP contribution in [0.2, 0.25) is 10.0 Å². The molecule has 0 fully saturated rings. The molecule has 4 N–H and O–H groups in total. The van der Waals surface area contributed by atoms with Crippen LogP contribution in [0.3, 0.4) is 0 Å². The van der Waals surface area contributed by atoms with E-state index in [0.717, 1.165) is 22.2 Å². The number of amides is 3. The molecule has 3 amide bonds. The first-order valence-electron chi connectivity index (χ1n) is 16.3. The van der Waals surface area contributed by atoms with E-state index in [-0.39, 0.29) is 43.0 Å². The third-order valence-corrected chi connectivity index (χ3v) is 9.90. The minimum absolute atomic E-state index is 0.0303. The predicted molar refractivity (Wildman–Crippen MR) is 184 cm³/mol. The van der Waals surface area contributed by atoms with Crippen molar-refractivity contribution in [2.75, 3.05) is 0 Å². The number of nitrogens with zero attached hydrogens (tertiary/aromatic N) is 3. The number of aryl methyl sites for hydroxylation is 1. The quantitative estimate of drug-likeness (QED) is 0.132. The first-order valence-corrected chi connectivity index (χ1v) is 17.1. The van der Waals surface area contributed by atoms with Crippen LogP contribution in [0.15, 0.2) is 47.0 Å². The van der Waals surface area contributed by atoms with Crippen molar-refractivity contribution in [3.8, 4) is 6.07 Å². The lowest BCUT2D eigenvalue weighted by Crippen LogP contribution is -2.65. The molecule has 2 aromatic heterocycles. The molecule has 0 radical (unpaired) electrons. The maximum atomic E-state index is 14.6. The van der Waals surface area contributed by atoms with Gasteiger partial charge in [0.2, 0.25) is 17.7 Å². The highest BCUT2D eigenvalue weighted by atomic mass is 35.5. The molecule has 0 aliphatic heterocycles. The van der Waals surface area contributed by atoms with Crippen molar-refractivity contribution in [2.45, 2.75) is 84.0 Å². The Hall–Kier alpha value is -4.60. The summed E-state index contributed by atoms with van der Waals surface area (Å²) in [7, 11) is 0. The topological polar surface area (TPSA) is 175 Å². The van der Waals surface area contributed by atoms with Gasteiger partial charge in [-0.15, -0.1) is 0 Å². The van der Waals surface area contributed by atoms with E-state index in [1.165, 1.54) is 0 Å². The summed E-state index contributed by atoms with van der Waals surface area (Å²) in [5.41, 5.74) is 1.69. The normalized spacial score (nSPS) is 18.0. The first-order chi connectivity index (χ1) is 23.5. The monoisotopic (exact) mass is 707 g/mol.